The standard InChI is InChI=1S/C12H17N3O4/c1-9(7-13)14(2)12(16)8-19-11-6-4-3-5-10(11)15(17)18/h3-6,9H,7-8,13H2,1-2H3. The lowest BCUT2D eigenvalue weighted by molar-refractivity contribution is -0.385. The first-order valence-electron chi connectivity index (χ1n) is 5.79. The van der Waals surface area contributed by atoms with Crippen LogP contribution in [0, 0.1) is 10.1 Å². The van der Waals surface area contributed by atoms with Crippen molar-refractivity contribution < 1.29 is 14.5 Å². The predicted molar refractivity (Wildman–Crippen MR) is 69.9 cm³/mol. The molecule has 1 atom stereocenters. The number of para-hydroxylation sites is 2. The van der Waals surface area contributed by atoms with Crippen molar-refractivity contribution >= 4 is 11.6 Å². The predicted octanol–water partition coefficient (Wildman–Crippen LogP) is 0.779. The molecule has 1 aromatic carbocycles. The minimum absolute atomic E-state index is 0.0784. The smallest absolute Gasteiger partial charge is 0.310 e. The van der Waals surface area contributed by atoms with Gasteiger partial charge < -0.3 is 15.4 Å². The number of nitrogens with zero attached hydrogens (tertiary/aromatic N) is 2. The van der Waals surface area contributed by atoms with E-state index in [2.05, 4.69) is 0 Å². The fourth-order valence-electron chi connectivity index (χ4n) is 1.38. The maximum absolute atomic E-state index is 11.8. The molecule has 0 spiro atoms. The van der Waals surface area contributed by atoms with Gasteiger partial charge in [-0.05, 0) is 13.0 Å². The van der Waals surface area contributed by atoms with Gasteiger partial charge in [0.25, 0.3) is 5.91 Å². The largest absolute Gasteiger partial charge is 0.477 e. The highest BCUT2D eigenvalue weighted by molar-refractivity contribution is 5.78. The summed E-state index contributed by atoms with van der Waals surface area (Å²) >= 11 is 0. The van der Waals surface area contributed by atoms with Crippen LogP contribution in [0.15, 0.2) is 24.3 Å². The Morgan fingerprint density at radius 1 is 1.53 bits per heavy atom. The highest BCUT2D eigenvalue weighted by Crippen LogP contribution is 2.25. The first-order chi connectivity index (χ1) is 8.97. The first-order valence-corrected chi connectivity index (χ1v) is 5.79. The van der Waals surface area contributed by atoms with Crippen LogP contribution < -0.4 is 10.5 Å². The number of hydrogen-bond donors (Lipinski definition) is 1. The Morgan fingerprint density at radius 3 is 2.74 bits per heavy atom. The molecule has 0 aliphatic rings. The Bertz CT molecular complexity index is 464. The molecular formula is C12H17N3O4. The quantitative estimate of drug-likeness (QED) is 0.606. The number of likely N-dealkylation sites (N-methyl/N-ethyl adjacent to an activating group) is 1. The first kappa shape index (κ1) is 14.9. The zero-order valence-corrected chi connectivity index (χ0v) is 10.9. The number of hydrogen-bond acceptors (Lipinski definition) is 5. The number of nitrogens with two attached hydrogens (primary N) is 1. The molecule has 0 saturated carbocycles. The molecule has 0 saturated heterocycles. The van der Waals surface area contributed by atoms with Gasteiger partial charge in [-0.15, -0.1) is 0 Å². The molecule has 1 rings (SSSR count). The van der Waals surface area contributed by atoms with Crippen molar-refractivity contribution in [2.24, 2.45) is 5.73 Å². The molecule has 0 bridgehead atoms. The lowest BCUT2D eigenvalue weighted by atomic mass is 10.3. The third-order valence-electron chi connectivity index (χ3n) is 2.81. The number of amides is 1. The Balaban J connectivity index is 2.67. The molecule has 0 heterocycles. The van der Waals surface area contributed by atoms with Gasteiger partial charge in [-0.3, -0.25) is 14.9 Å². The molecular weight excluding hydrogens is 250 g/mol. The summed E-state index contributed by atoms with van der Waals surface area (Å²) in [5, 5.41) is 10.8. The summed E-state index contributed by atoms with van der Waals surface area (Å²) in [6.45, 7) is 1.89. The van der Waals surface area contributed by atoms with Crippen LogP contribution in [-0.2, 0) is 4.79 Å². The molecule has 0 aliphatic carbocycles. The SMILES string of the molecule is CC(CN)N(C)C(=O)COc1ccccc1[N+](=O)[O-]. The van der Waals surface area contributed by atoms with Gasteiger partial charge in [-0.2, -0.15) is 0 Å². The van der Waals surface area contributed by atoms with E-state index < -0.39 is 4.92 Å². The highest BCUT2D eigenvalue weighted by atomic mass is 16.6. The van der Waals surface area contributed by atoms with Gasteiger partial charge in [0.05, 0.1) is 4.92 Å². The average Bonchev–Trinajstić information content (AvgIpc) is 2.43. The third-order valence-corrected chi connectivity index (χ3v) is 2.81. The fourth-order valence-corrected chi connectivity index (χ4v) is 1.38. The van der Waals surface area contributed by atoms with Crippen molar-refractivity contribution in [1.82, 2.24) is 4.90 Å². The van der Waals surface area contributed by atoms with Crippen LogP contribution in [-0.4, -0.2) is 42.0 Å². The Labute approximate surface area is 111 Å². The zero-order chi connectivity index (χ0) is 14.4. The highest BCUT2D eigenvalue weighted by Gasteiger charge is 2.18. The van der Waals surface area contributed by atoms with Crippen LogP contribution in [0.4, 0.5) is 5.69 Å². The van der Waals surface area contributed by atoms with E-state index in [0.717, 1.165) is 0 Å². The molecule has 0 fully saturated rings. The maximum Gasteiger partial charge on any atom is 0.310 e. The van der Waals surface area contributed by atoms with Gasteiger partial charge in [0.2, 0.25) is 0 Å². The van der Waals surface area contributed by atoms with E-state index in [9.17, 15) is 14.9 Å². The van der Waals surface area contributed by atoms with E-state index in [1.807, 2.05) is 6.92 Å². The van der Waals surface area contributed by atoms with Crippen molar-refractivity contribution in [1.29, 1.82) is 0 Å². The number of benzene rings is 1. The van der Waals surface area contributed by atoms with E-state index in [4.69, 9.17) is 10.5 Å². The molecule has 7 nitrogen and oxygen atoms in total. The molecule has 1 amide bonds. The second kappa shape index (κ2) is 6.69. The molecule has 1 aromatic rings. The van der Waals surface area contributed by atoms with Crippen LogP contribution in [0.25, 0.3) is 0 Å². The van der Waals surface area contributed by atoms with Crippen molar-refractivity contribution in [3.05, 3.63) is 34.4 Å². The van der Waals surface area contributed by atoms with Gasteiger partial charge in [0.15, 0.2) is 12.4 Å². The Kier molecular flexibility index (Phi) is 5.25. The average molecular weight is 267 g/mol. The molecule has 0 aliphatic heterocycles. The summed E-state index contributed by atoms with van der Waals surface area (Å²) in [7, 11) is 1.61. The molecule has 0 radical (unpaired) electrons. The van der Waals surface area contributed by atoms with E-state index in [1.165, 1.54) is 23.1 Å². The summed E-state index contributed by atoms with van der Waals surface area (Å²) in [4.78, 5) is 23.4. The van der Waals surface area contributed by atoms with E-state index in [-0.39, 0.29) is 30.0 Å². The van der Waals surface area contributed by atoms with Crippen molar-refractivity contribution in [2.45, 2.75) is 13.0 Å². The van der Waals surface area contributed by atoms with Crippen LogP contribution in [0.1, 0.15) is 6.92 Å². The van der Waals surface area contributed by atoms with Crippen LogP contribution >= 0.6 is 0 Å². The minimum atomic E-state index is -0.550. The number of carbonyl (C=O) groups excluding carboxylic acids is 1. The van der Waals surface area contributed by atoms with Crippen LogP contribution in [0.5, 0.6) is 5.75 Å². The van der Waals surface area contributed by atoms with Crippen molar-refractivity contribution in [3.63, 3.8) is 0 Å². The number of nitro groups is 1. The lowest BCUT2D eigenvalue weighted by Gasteiger charge is -2.23. The van der Waals surface area contributed by atoms with E-state index >= 15 is 0 Å². The second-order valence-electron chi connectivity index (χ2n) is 4.10. The molecule has 1 unspecified atom stereocenters. The van der Waals surface area contributed by atoms with Gasteiger partial charge in [0, 0.05) is 25.7 Å². The number of rotatable bonds is 6. The summed E-state index contributed by atoms with van der Waals surface area (Å²) in [6, 6.07) is 5.82. The molecule has 19 heavy (non-hydrogen) atoms. The minimum Gasteiger partial charge on any atom is -0.477 e. The van der Waals surface area contributed by atoms with E-state index in [0.29, 0.717) is 6.54 Å². The third kappa shape index (κ3) is 3.92. The molecule has 2 N–H and O–H groups in total. The normalized spacial score (nSPS) is 11.7. The number of nitro benzene ring substituents is 1. The molecule has 104 valence electrons. The summed E-state index contributed by atoms with van der Waals surface area (Å²) in [5.41, 5.74) is 5.30. The summed E-state index contributed by atoms with van der Waals surface area (Å²) in [5.74, 6) is -0.203. The number of carbonyl (C=O) groups is 1. The summed E-state index contributed by atoms with van der Waals surface area (Å²) in [6.07, 6.45) is 0. The van der Waals surface area contributed by atoms with Crippen LogP contribution in [0.2, 0.25) is 0 Å². The summed E-state index contributed by atoms with van der Waals surface area (Å²) < 4.78 is 5.20. The van der Waals surface area contributed by atoms with Crippen molar-refractivity contribution in [2.75, 3.05) is 20.2 Å². The number of ether oxygens (including phenoxy) is 1. The fraction of sp³-hybridized carbons (Fsp3) is 0.417. The van der Waals surface area contributed by atoms with Gasteiger partial charge in [-0.25, -0.2) is 0 Å². The molecule has 0 aromatic heterocycles. The van der Waals surface area contributed by atoms with Gasteiger partial charge in [0.1, 0.15) is 0 Å². The van der Waals surface area contributed by atoms with Crippen molar-refractivity contribution in [3.8, 4) is 5.75 Å². The molecule has 7 heteroatoms. The van der Waals surface area contributed by atoms with E-state index in [1.54, 1.807) is 13.1 Å². The van der Waals surface area contributed by atoms with Gasteiger partial charge in [-0.1, -0.05) is 12.1 Å². The monoisotopic (exact) mass is 267 g/mol. The zero-order valence-electron chi connectivity index (χ0n) is 10.9. The maximum atomic E-state index is 11.8. The topological polar surface area (TPSA) is 98.7 Å². The Hall–Kier alpha value is -2.15. The lowest BCUT2D eigenvalue weighted by Crippen LogP contribution is -2.42. The second-order valence-corrected chi connectivity index (χ2v) is 4.10. The van der Waals surface area contributed by atoms with Crippen LogP contribution in [0.3, 0.4) is 0 Å². The van der Waals surface area contributed by atoms with Gasteiger partial charge >= 0.3 is 5.69 Å². The Morgan fingerprint density at radius 2 is 2.16 bits per heavy atom.